The predicted molar refractivity (Wildman–Crippen MR) is 99.4 cm³/mol. The van der Waals surface area contributed by atoms with Gasteiger partial charge in [-0.15, -0.1) is 24.0 Å². The Labute approximate surface area is 148 Å². The van der Waals surface area contributed by atoms with Crippen LogP contribution in [0, 0.1) is 0 Å². The summed E-state index contributed by atoms with van der Waals surface area (Å²) in [6.07, 6.45) is 0. The molecular formula is C13H22IN3O4S. The largest absolute Gasteiger partial charge is 0.493 e. The second-order valence-corrected chi connectivity index (χ2v) is 6.67. The standard InChI is InChI=1S/C13H21N3O4S.HI/c1-4-21(17,18)8-7-15-13(14)16-10-5-6-11(19-2)12(9-10)20-3;/h5-6,9H,4,7-8H2,1-3H3,(H3,14,15,16);1H. The first-order valence-corrected chi connectivity index (χ1v) is 8.23. The maximum absolute atomic E-state index is 11.3. The van der Waals surface area contributed by atoms with Gasteiger partial charge < -0.3 is 20.5 Å². The normalized spacial score (nSPS) is 11.5. The Morgan fingerprint density at radius 3 is 2.45 bits per heavy atom. The van der Waals surface area contributed by atoms with Crippen LogP contribution in [0.15, 0.2) is 23.2 Å². The molecule has 0 saturated heterocycles. The molecule has 1 aromatic carbocycles. The van der Waals surface area contributed by atoms with Crippen molar-refractivity contribution in [3.63, 3.8) is 0 Å². The Morgan fingerprint density at radius 1 is 1.27 bits per heavy atom. The Morgan fingerprint density at radius 2 is 1.91 bits per heavy atom. The van der Waals surface area contributed by atoms with Crippen molar-refractivity contribution >= 4 is 45.5 Å². The molecule has 0 aliphatic heterocycles. The van der Waals surface area contributed by atoms with Crippen molar-refractivity contribution in [1.29, 1.82) is 0 Å². The molecule has 0 saturated carbocycles. The Balaban J connectivity index is 0.00000441. The number of nitrogens with zero attached hydrogens (tertiary/aromatic N) is 1. The van der Waals surface area contributed by atoms with Gasteiger partial charge in [0.15, 0.2) is 27.3 Å². The fourth-order valence-electron chi connectivity index (χ4n) is 1.55. The smallest absolute Gasteiger partial charge is 0.193 e. The van der Waals surface area contributed by atoms with Crippen molar-refractivity contribution in [1.82, 2.24) is 0 Å². The van der Waals surface area contributed by atoms with Crippen LogP contribution < -0.4 is 20.5 Å². The van der Waals surface area contributed by atoms with Gasteiger partial charge in [0.2, 0.25) is 0 Å². The van der Waals surface area contributed by atoms with E-state index in [9.17, 15) is 8.42 Å². The minimum atomic E-state index is -3.03. The van der Waals surface area contributed by atoms with E-state index in [1.54, 1.807) is 32.2 Å². The van der Waals surface area contributed by atoms with Gasteiger partial charge in [-0.25, -0.2) is 8.42 Å². The van der Waals surface area contributed by atoms with Crippen LogP contribution >= 0.6 is 24.0 Å². The van der Waals surface area contributed by atoms with Gasteiger partial charge in [-0.1, -0.05) is 6.92 Å². The zero-order valence-electron chi connectivity index (χ0n) is 12.8. The first kappa shape index (κ1) is 20.8. The summed E-state index contributed by atoms with van der Waals surface area (Å²) in [6.45, 7) is 1.73. The number of nitrogens with one attached hydrogen (secondary N) is 1. The van der Waals surface area contributed by atoms with E-state index in [4.69, 9.17) is 15.2 Å². The molecule has 0 amide bonds. The molecule has 0 aromatic heterocycles. The molecule has 0 heterocycles. The SMILES string of the molecule is CCS(=O)(=O)CCN=C(N)Nc1ccc(OC)c(OC)c1.I. The number of guanidine groups is 1. The highest BCUT2D eigenvalue weighted by Gasteiger charge is 2.07. The molecule has 0 fully saturated rings. The van der Waals surface area contributed by atoms with Crippen molar-refractivity contribution < 1.29 is 17.9 Å². The van der Waals surface area contributed by atoms with Crippen LogP contribution in [-0.4, -0.2) is 46.6 Å². The van der Waals surface area contributed by atoms with E-state index in [0.717, 1.165) is 0 Å². The van der Waals surface area contributed by atoms with E-state index in [1.165, 1.54) is 7.11 Å². The highest BCUT2D eigenvalue weighted by atomic mass is 127. The predicted octanol–water partition coefficient (Wildman–Crippen LogP) is 1.48. The fraction of sp³-hybridized carbons (Fsp3) is 0.462. The average Bonchev–Trinajstić information content (AvgIpc) is 2.46. The highest BCUT2D eigenvalue weighted by Crippen LogP contribution is 2.29. The molecule has 0 aliphatic carbocycles. The van der Waals surface area contributed by atoms with Crippen LogP contribution in [0.3, 0.4) is 0 Å². The van der Waals surface area contributed by atoms with Crippen LogP contribution in [0.25, 0.3) is 0 Å². The summed E-state index contributed by atoms with van der Waals surface area (Å²) in [7, 11) is 0.0523. The van der Waals surface area contributed by atoms with Crippen molar-refractivity contribution in [2.45, 2.75) is 6.92 Å². The number of sulfone groups is 1. The Hall–Kier alpha value is -1.23. The number of halogens is 1. The maximum atomic E-state index is 11.3. The molecule has 7 nitrogen and oxygen atoms in total. The number of benzene rings is 1. The zero-order valence-corrected chi connectivity index (χ0v) is 16.0. The van der Waals surface area contributed by atoms with E-state index in [2.05, 4.69) is 10.3 Å². The van der Waals surface area contributed by atoms with E-state index in [1.807, 2.05) is 0 Å². The molecule has 0 aliphatic rings. The summed E-state index contributed by atoms with van der Waals surface area (Å²) in [5, 5.41) is 2.87. The molecule has 126 valence electrons. The second kappa shape index (κ2) is 9.72. The molecule has 22 heavy (non-hydrogen) atoms. The van der Waals surface area contributed by atoms with Crippen molar-refractivity contribution in [2.75, 3.05) is 37.6 Å². The lowest BCUT2D eigenvalue weighted by Gasteiger charge is -2.10. The molecule has 0 bridgehead atoms. The topological polar surface area (TPSA) is 103 Å². The van der Waals surface area contributed by atoms with Crippen LogP contribution in [0.5, 0.6) is 11.5 Å². The molecule has 1 aromatic rings. The van der Waals surface area contributed by atoms with Crippen molar-refractivity contribution in [3.8, 4) is 11.5 Å². The van der Waals surface area contributed by atoms with E-state index in [0.29, 0.717) is 17.2 Å². The molecule has 9 heteroatoms. The number of methoxy groups -OCH3 is 2. The average molecular weight is 443 g/mol. The van der Waals surface area contributed by atoms with Gasteiger partial charge in [-0.3, -0.25) is 4.99 Å². The van der Waals surface area contributed by atoms with E-state index < -0.39 is 9.84 Å². The lowest BCUT2D eigenvalue weighted by atomic mass is 10.3. The molecule has 1 rings (SSSR count). The van der Waals surface area contributed by atoms with Gasteiger partial charge in [0.05, 0.1) is 26.5 Å². The molecule has 0 atom stereocenters. The quantitative estimate of drug-likeness (QED) is 0.376. The van der Waals surface area contributed by atoms with Crippen molar-refractivity contribution in [2.24, 2.45) is 10.7 Å². The fourth-order valence-corrected chi connectivity index (χ4v) is 2.21. The van der Waals surface area contributed by atoms with E-state index in [-0.39, 0.29) is 48.0 Å². The Kier molecular flexibility index (Phi) is 9.18. The van der Waals surface area contributed by atoms with Crippen LogP contribution in [0.2, 0.25) is 0 Å². The maximum Gasteiger partial charge on any atom is 0.193 e. The summed E-state index contributed by atoms with van der Waals surface area (Å²) in [5.74, 6) is 1.40. The van der Waals surface area contributed by atoms with Gasteiger partial charge in [-0.05, 0) is 12.1 Å². The lowest BCUT2D eigenvalue weighted by molar-refractivity contribution is 0.355. The minimum Gasteiger partial charge on any atom is -0.493 e. The number of nitrogens with two attached hydrogens (primary N) is 1. The van der Waals surface area contributed by atoms with Crippen LogP contribution in [0.4, 0.5) is 5.69 Å². The molecular weight excluding hydrogens is 421 g/mol. The molecule has 0 spiro atoms. The summed E-state index contributed by atoms with van der Waals surface area (Å²) >= 11 is 0. The highest BCUT2D eigenvalue weighted by molar-refractivity contribution is 14.0. The minimum absolute atomic E-state index is 0. The first-order chi connectivity index (χ1) is 9.91. The first-order valence-electron chi connectivity index (χ1n) is 6.41. The van der Waals surface area contributed by atoms with Gasteiger partial charge >= 0.3 is 0 Å². The van der Waals surface area contributed by atoms with Crippen LogP contribution in [0.1, 0.15) is 6.92 Å². The molecule has 0 unspecified atom stereocenters. The third-order valence-corrected chi connectivity index (χ3v) is 4.46. The summed E-state index contributed by atoms with van der Waals surface area (Å²) in [6, 6.07) is 5.20. The third kappa shape index (κ3) is 6.69. The monoisotopic (exact) mass is 443 g/mol. The Bertz CT molecular complexity index is 605. The summed E-state index contributed by atoms with van der Waals surface area (Å²) in [4.78, 5) is 3.98. The van der Waals surface area contributed by atoms with Gasteiger partial charge in [0, 0.05) is 17.5 Å². The van der Waals surface area contributed by atoms with Crippen LogP contribution in [-0.2, 0) is 9.84 Å². The molecule has 3 N–H and O–H groups in total. The van der Waals surface area contributed by atoms with E-state index >= 15 is 0 Å². The summed E-state index contributed by atoms with van der Waals surface area (Å²) in [5.41, 5.74) is 6.38. The summed E-state index contributed by atoms with van der Waals surface area (Å²) < 4.78 is 33.0. The number of ether oxygens (including phenoxy) is 2. The van der Waals surface area contributed by atoms with Gasteiger partial charge in [0.1, 0.15) is 0 Å². The van der Waals surface area contributed by atoms with Gasteiger partial charge in [0.25, 0.3) is 0 Å². The number of aliphatic imine (C=N–C) groups is 1. The second-order valence-electron chi connectivity index (χ2n) is 4.20. The third-order valence-electron chi connectivity index (χ3n) is 2.78. The number of hydrogen-bond acceptors (Lipinski definition) is 5. The number of rotatable bonds is 7. The van der Waals surface area contributed by atoms with Gasteiger partial charge in [-0.2, -0.15) is 0 Å². The van der Waals surface area contributed by atoms with Crippen molar-refractivity contribution in [3.05, 3.63) is 18.2 Å². The zero-order chi connectivity index (χ0) is 15.9. The number of anilines is 1. The lowest BCUT2D eigenvalue weighted by Crippen LogP contribution is -2.24. The molecule has 0 radical (unpaired) electrons. The number of hydrogen-bond donors (Lipinski definition) is 2.